The maximum atomic E-state index is 12.4. The van der Waals surface area contributed by atoms with E-state index in [1.165, 1.54) is 24.3 Å². The summed E-state index contributed by atoms with van der Waals surface area (Å²) in [6.07, 6.45) is 0. The summed E-state index contributed by atoms with van der Waals surface area (Å²) in [5, 5.41) is 6.32. The highest BCUT2D eigenvalue weighted by Crippen LogP contribution is 2.20. The molecule has 0 aliphatic rings. The Hall–Kier alpha value is -4.79. The van der Waals surface area contributed by atoms with Crippen LogP contribution in [0.1, 0.15) is 33.2 Å². The Morgan fingerprint density at radius 3 is 2.09 bits per heavy atom. The first kappa shape index (κ1) is 22.9. The van der Waals surface area contributed by atoms with Crippen molar-refractivity contribution in [2.24, 2.45) is 10.8 Å². The minimum atomic E-state index is -1.01. The number of amides is 3. The summed E-state index contributed by atoms with van der Waals surface area (Å²) in [5.74, 6) is -2.86. The summed E-state index contributed by atoms with van der Waals surface area (Å²) in [6, 6.07) is 20.9. The number of benzene rings is 3. The SMILES string of the molecule is CC(=NNC(=O)C(=O)Nc1ccc(C(N)=O)cc1)c1ccccc1OC(=O)c1ccccc1. The van der Waals surface area contributed by atoms with Gasteiger partial charge in [-0.2, -0.15) is 5.10 Å². The molecule has 0 spiro atoms. The number of esters is 1. The Morgan fingerprint density at radius 2 is 1.42 bits per heavy atom. The van der Waals surface area contributed by atoms with Crippen LogP contribution in [-0.4, -0.2) is 29.4 Å². The fraction of sp³-hybridized carbons (Fsp3) is 0.0417. The normalized spacial score (nSPS) is 10.8. The molecular weight excluding hydrogens is 424 g/mol. The number of carbonyl (C=O) groups excluding carboxylic acids is 4. The van der Waals surface area contributed by atoms with Gasteiger partial charge in [-0.05, 0) is 55.5 Å². The summed E-state index contributed by atoms with van der Waals surface area (Å²) in [6.45, 7) is 1.59. The molecule has 0 saturated carbocycles. The highest BCUT2D eigenvalue weighted by molar-refractivity contribution is 6.39. The predicted octanol–water partition coefficient (Wildman–Crippen LogP) is 2.48. The first-order valence-corrected chi connectivity index (χ1v) is 9.77. The third-order valence-corrected chi connectivity index (χ3v) is 4.45. The Labute approximate surface area is 189 Å². The van der Waals surface area contributed by atoms with E-state index in [4.69, 9.17) is 10.5 Å². The molecular formula is C24H20N4O5. The van der Waals surface area contributed by atoms with Crippen molar-refractivity contribution in [1.82, 2.24) is 5.43 Å². The predicted molar refractivity (Wildman–Crippen MR) is 122 cm³/mol. The summed E-state index contributed by atoms with van der Waals surface area (Å²) < 4.78 is 5.47. The molecule has 0 radical (unpaired) electrons. The summed E-state index contributed by atoms with van der Waals surface area (Å²) in [7, 11) is 0. The molecule has 0 atom stereocenters. The third-order valence-electron chi connectivity index (χ3n) is 4.45. The quantitative estimate of drug-likeness (QED) is 0.176. The molecule has 0 bridgehead atoms. The van der Waals surface area contributed by atoms with Crippen LogP contribution in [0.2, 0.25) is 0 Å². The number of rotatable bonds is 6. The van der Waals surface area contributed by atoms with Crippen molar-refractivity contribution in [2.45, 2.75) is 6.92 Å². The lowest BCUT2D eigenvalue weighted by Gasteiger charge is -2.10. The number of para-hydroxylation sites is 1. The van der Waals surface area contributed by atoms with Crippen LogP contribution in [0.4, 0.5) is 5.69 Å². The van der Waals surface area contributed by atoms with Gasteiger partial charge < -0.3 is 15.8 Å². The molecule has 33 heavy (non-hydrogen) atoms. The van der Waals surface area contributed by atoms with Gasteiger partial charge in [0.15, 0.2) is 0 Å². The monoisotopic (exact) mass is 444 g/mol. The minimum absolute atomic E-state index is 0.251. The van der Waals surface area contributed by atoms with E-state index in [0.717, 1.165) is 0 Å². The van der Waals surface area contributed by atoms with Crippen LogP contribution in [0.15, 0.2) is 84.0 Å². The van der Waals surface area contributed by atoms with Gasteiger partial charge in [-0.15, -0.1) is 0 Å². The zero-order valence-corrected chi connectivity index (χ0v) is 17.6. The second-order valence-corrected chi connectivity index (χ2v) is 6.79. The van der Waals surface area contributed by atoms with Crippen LogP contribution in [-0.2, 0) is 9.59 Å². The van der Waals surface area contributed by atoms with Gasteiger partial charge >= 0.3 is 17.8 Å². The van der Waals surface area contributed by atoms with E-state index < -0.39 is 23.7 Å². The Kier molecular flexibility index (Phi) is 7.28. The van der Waals surface area contributed by atoms with Gasteiger partial charge in [-0.3, -0.25) is 14.4 Å². The lowest BCUT2D eigenvalue weighted by Crippen LogP contribution is -2.33. The van der Waals surface area contributed by atoms with E-state index in [1.54, 1.807) is 61.5 Å². The Morgan fingerprint density at radius 1 is 0.788 bits per heavy atom. The average Bonchev–Trinajstić information content (AvgIpc) is 2.83. The van der Waals surface area contributed by atoms with E-state index in [-0.39, 0.29) is 11.3 Å². The summed E-state index contributed by atoms with van der Waals surface area (Å²) in [5.41, 5.74) is 9.07. The van der Waals surface area contributed by atoms with Crippen molar-refractivity contribution in [2.75, 3.05) is 5.32 Å². The molecule has 0 aliphatic carbocycles. The van der Waals surface area contributed by atoms with Crippen molar-refractivity contribution in [3.05, 3.63) is 95.6 Å². The molecule has 0 aliphatic heterocycles. The van der Waals surface area contributed by atoms with Crippen molar-refractivity contribution in [3.8, 4) is 5.75 Å². The zero-order valence-electron chi connectivity index (χ0n) is 17.6. The van der Waals surface area contributed by atoms with Gasteiger partial charge in [0.25, 0.3) is 0 Å². The molecule has 9 heteroatoms. The second-order valence-electron chi connectivity index (χ2n) is 6.79. The fourth-order valence-corrected chi connectivity index (χ4v) is 2.74. The highest BCUT2D eigenvalue weighted by atomic mass is 16.5. The number of hydrazone groups is 1. The van der Waals surface area contributed by atoms with Crippen molar-refractivity contribution in [1.29, 1.82) is 0 Å². The van der Waals surface area contributed by atoms with E-state index in [2.05, 4.69) is 15.8 Å². The molecule has 4 N–H and O–H groups in total. The number of anilines is 1. The minimum Gasteiger partial charge on any atom is -0.422 e. The maximum absolute atomic E-state index is 12.4. The molecule has 3 aromatic rings. The first-order valence-electron chi connectivity index (χ1n) is 9.77. The number of primary amides is 1. The van der Waals surface area contributed by atoms with Crippen molar-refractivity contribution < 1.29 is 23.9 Å². The largest absolute Gasteiger partial charge is 0.422 e. The number of hydrogen-bond acceptors (Lipinski definition) is 6. The summed E-state index contributed by atoms with van der Waals surface area (Å²) >= 11 is 0. The number of nitrogens with two attached hydrogens (primary N) is 1. The van der Waals surface area contributed by atoms with E-state index in [0.29, 0.717) is 22.5 Å². The lowest BCUT2D eigenvalue weighted by molar-refractivity contribution is -0.136. The topological polar surface area (TPSA) is 140 Å². The molecule has 0 saturated heterocycles. The molecule has 0 unspecified atom stereocenters. The van der Waals surface area contributed by atoms with Crippen LogP contribution in [0, 0.1) is 0 Å². The zero-order chi connectivity index (χ0) is 23.8. The van der Waals surface area contributed by atoms with Gasteiger partial charge in [-0.1, -0.05) is 30.3 Å². The highest BCUT2D eigenvalue weighted by Gasteiger charge is 2.16. The molecule has 3 rings (SSSR count). The number of nitrogens with zero attached hydrogens (tertiary/aromatic N) is 1. The smallest absolute Gasteiger partial charge is 0.343 e. The van der Waals surface area contributed by atoms with E-state index in [1.807, 2.05) is 0 Å². The molecule has 0 fully saturated rings. The van der Waals surface area contributed by atoms with Crippen LogP contribution in [0.3, 0.4) is 0 Å². The van der Waals surface area contributed by atoms with Gasteiger partial charge in [0.2, 0.25) is 5.91 Å². The Balaban J connectivity index is 1.65. The molecule has 0 heterocycles. The second kappa shape index (κ2) is 10.5. The third kappa shape index (κ3) is 6.11. The van der Waals surface area contributed by atoms with Gasteiger partial charge in [0.05, 0.1) is 11.3 Å². The molecule has 3 aromatic carbocycles. The van der Waals surface area contributed by atoms with Crippen LogP contribution < -0.4 is 21.2 Å². The van der Waals surface area contributed by atoms with Crippen LogP contribution in [0.5, 0.6) is 5.75 Å². The molecule has 0 aromatic heterocycles. The fourth-order valence-electron chi connectivity index (χ4n) is 2.74. The number of ether oxygens (including phenoxy) is 1. The van der Waals surface area contributed by atoms with E-state index >= 15 is 0 Å². The van der Waals surface area contributed by atoms with Crippen molar-refractivity contribution >= 4 is 35.1 Å². The first-order chi connectivity index (χ1) is 15.8. The lowest BCUT2D eigenvalue weighted by atomic mass is 10.1. The molecule has 3 amide bonds. The van der Waals surface area contributed by atoms with Crippen LogP contribution in [0.25, 0.3) is 0 Å². The molecule has 9 nitrogen and oxygen atoms in total. The average molecular weight is 444 g/mol. The number of hydrogen-bond donors (Lipinski definition) is 3. The maximum Gasteiger partial charge on any atom is 0.343 e. The van der Waals surface area contributed by atoms with Gasteiger partial charge in [0, 0.05) is 16.8 Å². The summed E-state index contributed by atoms with van der Waals surface area (Å²) in [4.78, 5) is 47.7. The number of carbonyl (C=O) groups is 4. The van der Waals surface area contributed by atoms with Gasteiger partial charge in [-0.25, -0.2) is 10.2 Å². The van der Waals surface area contributed by atoms with E-state index in [9.17, 15) is 19.2 Å². The van der Waals surface area contributed by atoms with Crippen molar-refractivity contribution in [3.63, 3.8) is 0 Å². The number of nitrogens with one attached hydrogen (secondary N) is 2. The van der Waals surface area contributed by atoms with Gasteiger partial charge in [0.1, 0.15) is 5.75 Å². The standard InChI is InChI=1S/C24H20N4O5/c1-15(19-9-5-6-10-20(19)33-24(32)17-7-3-2-4-8-17)27-28-23(31)22(30)26-18-13-11-16(12-14-18)21(25)29/h2-14H,1H3,(H2,25,29)(H,26,30)(H,28,31). The Bertz CT molecular complexity index is 1220. The molecule has 166 valence electrons. The van der Waals surface area contributed by atoms with Crippen LogP contribution >= 0.6 is 0 Å².